The van der Waals surface area contributed by atoms with E-state index in [-0.39, 0.29) is 21.2 Å². The zero-order chi connectivity index (χ0) is 30.2. The number of ether oxygens (including phenoxy) is 1. The predicted molar refractivity (Wildman–Crippen MR) is 161 cm³/mol. The number of ketones is 1. The highest BCUT2D eigenvalue weighted by atomic mass is 35.5. The molecule has 0 atom stereocenters. The van der Waals surface area contributed by atoms with Crippen LogP contribution in [0.15, 0.2) is 101 Å². The molecule has 1 aromatic heterocycles. The maximum Gasteiger partial charge on any atom is 0.340 e. The van der Waals surface area contributed by atoms with Crippen molar-refractivity contribution in [2.24, 2.45) is 7.05 Å². The fourth-order valence-corrected chi connectivity index (χ4v) is 6.24. The van der Waals surface area contributed by atoms with E-state index in [0.29, 0.717) is 16.9 Å². The number of sulfonamides is 1. The molecule has 5 aromatic rings. The Morgan fingerprint density at radius 3 is 2.31 bits per heavy atom. The van der Waals surface area contributed by atoms with Crippen LogP contribution in [0.1, 0.15) is 26.4 Å². The van der Waals surface area contributed by atoms with Crippen LogP contribution in [-0.2, 0) is 21.8 Å². The Labute approximate surface area is 247 Å². The lowest BCUT2D eigenvalue weighted by Gasteiger charge is -2.19. The van der Waals surface area contributed by atoms with Crippen LogP contribution in [0.3, 0.4) is 0 Å². The van der Waals surface area contributed by atoms with E-state index >= 15 is 0 Å². The smallest absolute Gasteiger partial charge is 0.340 e. The average Bonchev–Trinajstić information content (AvgIpc) is 3.22. The van der Waals surface area contributed by atoms with Gasteiger partial charge in [-0.25, -0.2) is 17.9 Å². The van der Waals surface area contributed by atoms with Gasteiger partial charge in [0, 0.05) is 19.7 Å². The van der Waals surface area contributed by atoms with E-state index in [1.165, 1.54) is 23.9 Å². The van der Waals surface area contributed by atoms with E-state index in [1.807, 2.05) is 30.3 Å². The predicted octanol–water partition coefficient (Wildman–Crippen LogP) is 5.16. The molecule has 0 spiro atoms. The van der Waals surface area contributed by atoms with Crippen molar-refractivity contribution in [3.63, 3.8) is 0 Å². The lowest BCUT2D eigenvalue weighted by Crippen LogP contribution is -2.32. The number of carbonyl (C=O) groups excluding carboxylic acids is 2. The number of anilines is 1. The Morgan fingerprint density at radius 1 is 0.905 bits per heavy atom. The minimum atomic E-state index is -4.32. The molecule has 0 aliphatic heterocycles. The van der Waals surface area contributed by atoms with E-state index in [2.05, 4.69) is 0 Å². The lowest BCUT2D eigenvalue weighted by molar-refractivity contribution is 0.0475. The Balaban J connectivity index is 1.41. The van der Waals surface area contributed by atoms with Gasteiger partial charge < -0.3 is 4.74 Å². The molecule has 0 aliphatic rings. The van der Waals surface area contributed by atoms with Crippen LogP contribution < -0.4 is 9.86 Å². The second kappa shape index (κ2) is 11.3. The van der Waals surface area contributed by atoms with Crippen molar-refractivity contribution < 1.29 is 22.7 Å². The SMILES string of the molecule is Cc1c(N(C)S(=O)(=O)c2ccc(Cl)c(C(=O)OCC(=O)c3cccc4ccccc34)c2)c(=O)n(-c2ccccc2)n1C. The maximum absolute atomic E-state index is 13.7. The molecule has 1 heterocycles. The third kappa shape index (κ3) is 5.10. The van der Waals surface area contributed by atoms with Crippen molar-refractivity contribution in [2.45, 2.75) is 11.8 Å². The van der Waals surface area contributed by atoms with Crippen molar-refractivity contribution in [1.29, 1.82) is 0 Å². The van der Waals surface area contributed by atoms with Crippen LogP contribution >= 0.6 is 11.6 Å². The highest BCUT2D eigenvalue weighted by Gasteiger charge is 2.30. The van der Waals surface area contributed by atoms with Crippen LogP contribution in [0.5, 0.6) is 0 Å². The molecule has 0 saturated heterocycles. The van der Waals surface area contributed by atoms with Gasteiger partial charge in [0.05, 0.1) is 26.9 Å². The standard InChI is InChI=1S/C31H26ClN3O6S/c1-20-29(30(37)35(33(20)2)22-12-5-4-6-13-22)34(3)42(39,40)23-16-17-27(32)26(18-23)31(38)41-19-28(36)25-15-9-11-21-10-7-8-14-24(21)25/h4-18H,19H2,1-3H3. The molecule has 0 N–H and O–H groups in total. The fraction of sp³-hybridized carbons (Fsp3) is 0.129. The number of halogens is 1. The topological polar surface area (TPSA) is 108 Å². The summed E-state index contributed by atoms with van der Waals surface area (Å²) in [6, 6.07) is 25.0. The maximum atomic E-state index is 13.7. The summed E-state index contributed by atoms with van der Waals surface area (Å²) in [5, 5.41) is 1.53. The molecular formula is C31H26ClN3O6S. The van der Waals surface area contributed by atoms with Gasteiger partial charge in [0.15, 0.2) is 6.61 Å². The minimum Gasteiger partial charge on any atom is -0.454 e. The number of para-hydroxylation sites is 1. The molecule has 42 heavy (non-hydrogen) atoms. The highest BCUT2D eigenvalue weighted by Crippen LogP contribution is 2.27. The molecule has 9 nitrogen and oxygen atoms in total. The first-order valence-electron chi connectivity index (χ1n) is 12.8. The summed E-state index contributed by atoms with van der Waals surface area (Å²) in [5.74, 6) is -1.38. The fourth-order valence-electron chi connectivity index (χ4n) is 4.77. The number of hydrogen-bond acceptors (Lipinski definition) is 6. The van der Waals surface area contributed by atoms with Gasteiger partial charge in [-0.05, 0) is 48.0 Å². The number of Topliss-reactive ketones (excluding diaryl/α,β-unsaturated/α-hetero) is 1. The van der Waals surface area contributed by atoms with E-state index in [1.54, 1.807) is 61.1 Å². The summed E-state index contributed by atoms with van der Waals surface area (Å²) < 4.78 is 36.4. The molecule has 5 rings (SSSR count). The van der Waals surface area contributed by atoms with E-state index in [4.69, 9.17) is 16.3 Å². The quantitative estimate of drug-likeness (QED) is 0.179. The van der Waals surface area contributed by atoms with E-state index in [0.717, 1.165) is 21.1 Å². The summed E-state index contributed by atoms with van der Waals surface area (Å²) in [6.45, 7) is 1.07. The van der Waals surface area contributed by atoms with Gasteiger partial charge in [-0.15, -0.1) is 0 Å². The zero-order valence-electron chi connectivity index (χ0n) is 22.9. The van der Waals surface area contributed by atoms with Crippen LogP contribution in [0.4, 0.5) is 5.69 Å². The molecule has 0 saturated carbocycles. The Hall–Kier alpha value is -4.67. The van der Waals surface area contributed by atoms with Crippen molar-refractivity contribution in [1.82, 2.24) is 9.36 Å². The molecule has 0 bridgehead atoms. The van der Waals surface area contributed by atoms with Crippen LogP contribution in [0.25, 0.3) is 16.5 Å². The Kier molecular flexibility index (Phi) is 7.77. The lowest BCUT2D eigenvalue weighted by atomic mass is 10.0. The monoisotopic (exact) mass is 603 g/mol. The second-order valence-electron chi connectivity index (χ2n) is 9.55. The van der Waals surface area contributed by atoms with Gasteiger partial charge in [0.2, 0.25) is 5.78 Å². The number of rotatable bonds is 8. The van der Waals surface area contributed by atoms with Gasteiger partial charge in [-0.1, -0.05) is 72.3 Å². The van der Waals surface area contributed by atoms with Gasteiger partial charge >= 0.3 is 5.97 Å². The van der Waals surface area contributed by atoms with E-state index in [9.17, 15) is 22.8 Å². The number of benzene rings is 4. The molecule has 214 valence electrons. The molecule has 0 radical (unpaired) electrons. The highest BCUT2D eigenvalue weighted by molar-refractivity contribution is 7.92. The van der Waals surface area contributed by atoms with Gasteiger partial charge in [-0.2, -0.15) is 0 Å². The third-order valence-corrected chi connectivity index (χ3v) is 9.16. The van der Waals surface area contributed by atoms with Crippen molar-refractivity contribution in [3.05, 3.63) is 123 Å². The average molecular weight is 604 g/mol. The number of fused-ring (bicyclic) bond motifs is 1. The first kappa shape index (κ1) is 28.8. The molecule has 0 amide bonds. The van der Waals surface area contributed by atoms with Crippen LogP contribution in [0.2, 0.25) is 5.02 Å². The van der Waals surface area contributed by atoms with Gasteiger partial charge in [-0.3, -0.25) is 18.6 Å². The number of aromatic nitrogens is 2. The zero-order valence-corrected chi connectivity index (χ0v) is 24.5. The molecule has 0 fully saturated rings. The van der Waals surface area contributed by atoms with Crippen molar-refractivity contribution in [3.8, 4) is 5.69 Å². The summed E-state index contributed by atoms with van der Waals surface area (Å²) in [7, 11) is -1.40. The molecule has 0 unspecified atom stereocenters. The van der Waals surface area contributed by atoms with Gasteiger partial charge in [0.25, 0.3) is 15.6 Å². The molecular weight excluding hydrogens is 578 g/mol. The minimum absolute atomic E-state index is 0.0541. The summed E-state index contributed by atoms with van der Waals surface area (Å²) in [4.78, 5) is 39.0. The Morgan fingerprint density at radius 2 is 1.57 bits per heavy atom. The normalized spacial score (nSPS) is 11.4. The summed E-state index contributed by atoms with van der Waals surface area (Å²) in [5.41, 5.74) is 0.553. The van der Waals surface area contributed by atoms with E-state index < -0.39 is 33.9 Å². The van der Waals surface area contributed by atoms with Crippen LogP contribution in [0, 0.1) is 6.92 Å². The molecule has 4 aromatic carbocycles. The van der Waals surface area contributed by atoms with Crippen molar-refractivity contribution in [2.75, 3.05) is 18.0 Å². The molecule has 0 aliphatic carbocycles. The number of hydrogen-bond donors (Lipinski definition) is 0. The largest absolute Gasteiger partial charge is 0.454 e. The first-order valence-corrected chi connectivity index (χ1v) is 14.6. The second-order valence-corrected chi connectivity index (χ2v) is 11.9. The number of carbonyl (C=O) groups is 2. The molecule has 11 heteroatoms. The van der Waals surface area contributed by atoms with Gasteiger partial charge in [0.1, 0.15) is 5.69 Å². The van der Waals surface area contributed by atoms with Crippen LogP contribution in [-0.4, -0.2) is 43.2 Å². The number of esters is 1. The third-order valence-electron chi connectivity index (χ3n) is 7.08. The summed E-state index contributed by atoms with van der Waals surface area (Å²) in [6.07, 6.45) is 0. The number of nitrogens with zero attached hydrogens (tertiary/aromatic N) is 3. The first-order chi connectivity index (χ1) is 20.0. The Bertz CT molecular complexity index is 2010. The van der Waals surface area contributed by atoms with Crippen molar-refractivity contribution >= 4 is 49.8 Å². The summed E-state index contributed by atoms with van der Waals surface area (Å²) >= 11 is 6.24.